The van der Waals surface area contributed by atoms with E-state index in [1.54, 1.807) is 6.07 Å². The van der Waals surface area contributed by atoms with Crippen LogP contribution in [0.1, 0.15) is 77.7 Å². The van der Waals surface area contributed by atoms with Gasteiger partial charge < -0.3 is 9.72 Å². The first-order chi connectivity index (χ1) is 17.5. The van der Waals surface area contributed by atoms with Gasteiger partial charge in [0.25, 0.3) is 0 Å². The molecule has 3 aromatic rings. The molecule has 0 spiro atoms. The van der Waals surface area contributed by atoms with Crippen molar-refractivity contribution >= 4 is 5.97 Å². The number of ether oxygens (including phenoxy) is 1. The van der Waals surface area contributed by atoms with Gasteiger partial charge in [-0.05, 0) is 129 Å². The molecular formula is C32H38N2O2. The van der Waals surface area contributed by atoms with Crippen LogP contribution in [-0.2, 0) is 24.0 Å². The smallest absolute Gasteiger partial charge is 0.337 e. The van der Waals surface area contributed by atoms with Crippen molar-refractivity contribution in [2.45, 2.75) is 71.1 Å². The molecule has 0 aliphatic heterocycles. The number of aryl methyl sites for hydroxylation is 4. The minimum absolute atomic E-state index is 0.292. The Morgan fingerprint density at radius 1 is 0.972 bits per heavy atom. The van der Waals surface area contributed by atoms with E-state index in [4.69, 9.17) is 9.72 Å². The van der Waals surface area contributed by atoms with E-state index >= 15 is 0 Å². The Bertz CT molecular complexity index is 1220. The highest BCUT2D eigenvalue weighted by Crippen LogP contribution is 2.61. The van der Waals surface area contributed by atoms with Crippen LogP contribution in [-0.4, -0.2) is 23.0 Å². The number of hydrogen-bond donors (Lipinski definition) is 1. The first kappa shape index (κ1) is 23.5. The molecule has 0 amide bonds. The molecule has 4 fully saturated rings. The number of aromatic amines is 1. The molecule has 1 N–H and O–H groups in total. The molecule has 1 heterocycles. The van der Waals surface area contributed by atoms with Crippen LogP contribution >= 0.6 is 0 Å². The molecule has 4 aliphatic rings. The van der Waals surface area contributed by atoms with Gasteiger partial charge in [-0.3, -0.25) is 0 Å². The van der Waals surface area contributed by atoms with E-state index in [0.29, 0.717) is 11.0 Å². The number of imidazole rings is 1. The van der Waals surface area contributed by atoms with Crippen molar-refractivity contribution in [3.05, 3.63) is 76.6 Å². The van der Waals surface area contributed by atoms with Gasteiger partial charge in [-0.2, -0.15) is 0 Å². The normalized spacial score (nSPS) is 26.3. The van der Waals surface area contributed by atoms with Gasteiger partial charge in [0.05, 0.1) is 12.7 Å². The third-order valence-electron chi connectivity index (χ3n) is 9.33. The molecule has 1 aromatic heterocycles. The fraction of sp³-hybridized carbons (Fsp3) is 0.500. The Balaban J connectivity index is 1.12. The van der Waals surface area contributed by atoms with Gasteiger partial charge in [0.1, 0.15) is 5.82 Å². The molecular weight excluding hydrogens is 444 g/mol. The summed E-state index contributed by atoms with van der Waals surface area (Å²) in [5.41, 5.74) is 7.40. The molecule has 188 valence electrons. The van der Waals surface area contributed by atoms with Crippen molar-refractivity contribution in [1.29, 1.82) is 0 Å². The number of nitrogens with zero attached hydrogens (tertiary/aromatic N) is 1. The Kier molecular flexibility index (Phi) is 6.23. The molecule has 4 saturated carbocycles. The average Bonchev–Trinajstić information content (AvgIpc) is 3.35. The first-order valence-corrected chi connectivity index (χ1v) is 13.8. The highest BCUT2D eigenvalue weighted by Gasteiger charge is 2.50. The number of carbonyl (C=O) groups is 1. The standard InChI is InChI=1S/C32H38N2O2/c1-21-6-7-23(10-11-32-17-24-12-25(18-32)14-26(13-24)19-32)16-29(21)30-33-20-28(34-30)9-8-22-4-3-5-27(15-22)31(35)36-2/h3-7,15-16,20,24-26H,8-14,17-19H2,1-2H3,(H,33,34). The third kappa shape index (κ3) is 4.75. The largest absolute Gasteiger partial charge is 0.465 e. The molecule has 4 heteroatoms. The fourth-order valence-electron chi connectivity index (χ4n) is 7.96. The Morgan fingerprint density at radius 3 is 2.42 bits per heavy atom. The van der Waals surface area contributed by atoms with E-state index < -0.39 is 0 Å². The van der Waals surface area contributed by atoms with Crippen molar-refractivity contribution in [2.24, 2.45) is 23.2 Å². The van der Waals surface area contributed by atoms with Crippen LogP contribution in [0.3, 0.4) is 0 Å². The van der Waals surface area contributed by atoms with Crippen LogP contribution in [0.2, 0.25) is 0 Å². The minimum Gasteiger partial charge on any atom is -0.465 e. The number of hydrogen-bond acceptors (Lipinski definition) is 3. The molecule has 0 saturated heterocycles. The van der Waals surface area contributed by atoms with Crippen molar-refractivity contribution in [3.8, 4) is 11.4 Å². The predicted molar refractivity (Wildman–Crippen MR) is 143 cm³/mol. The Hall–Kier alpha value is -2.88. The number of benzene rings is 2. The minimum atomic E-state index is -0.292. The lowest BCUT2D eigenvalue weighted by Crippen LogP contribution is -2.46. The van der Waals surface area contributed by atoms with Crippen LogP contribution < -0.4 is 0 Å². The number of carbonyl (C=O) groups excluding carboxylic acids is 1. The highest BCUT2D eigenvalue weighted by molar-refractivity contribution is 5.89. The molecule has 2 aromatic carbocycles. The van der Waals surface area contributed by atoms with E-state index in [2.05, 4.69) is 36.2 Å². The lowest BCUT2D eigenvalue weighted by molar-refractivity contribution is -0.0569. The zero-order valence-corrected chi connectivity index (χ0v) is 21.7. The maximum atomic E-state index is 11.8. The van der Waals surface area contributed by atoms with Gasteiger partial charge in [-0.15, -0.1) is 0 Å². The summed E-state index contributed by atoms with van der Waals surface area (Å²) in [7, 11) is 1.42. The van der Waals surface area contributed by atoms with Crippen LogP contribution in [0.4, 0.5) is 0 Å². The van der Waals surface area contributed by atoms with E-state index in [0.717, 1.165) is 47.7 Å². The van der Waals surface area contributed by atoms with Gasteiger partial charge >= 0.3 is 5.97 Å². The van der Waals surface area contributed by atoms with Gasteiger partial charge in [0.15, 0.2) is 0 Å². The van der Waals surface area contributed by atoms with E-state index in [1.807, 2.05) is 18.3 Å². The van der Waals surface area contributed by atoms with E-state index in [-0.39, 0.29) is 5.97 Å². The van der Waals surface area contributed by atoms with Gasteiger partial charge in [-0.1, -0.05) is 24.3 Å². The summed E-state index contributed by atoms with van der Waals surface area (Å²) in [5.74, 6) is 3.74. The van der Waals surface area contributed by atoms with Crippen LogP contribution in [0, 0.1) is 30.1 Å². The lowest BCUT2D eigenvalue weighted by atomic mass is 9.48. The summed E-state index contributed by atoms with van der Waals surface area (Å²) in [6.45, 7) is 2.18. The quantitative estimate of drug-likeness (QED) is 0.348. The maximum Gasteiger partial charge on any atom is 0.337 e. The topological polar surface area (TPSA) is 55.0 Å². The third-order valence-corrected chi connectivity index (χ3v) is 9.33. The first-order valence-electron chi connectivity index (χ1n) is 13.8. The summed E-state index contributed by atoms with van der Waals surface area (Å²) in [4.78, 5) is 20.1. The van der Waals surface area contributed by atoms with Gasteiger partial charge in [0.2, 0.25) is 0 Å². The van der Waals surface area contributed by atoms with Gasteiger partial charge in [-0.25, -0.2) is 9.78 Å². The number of aromatic nitrogens is 2. The second-order valence-corrected chi connectivity index (χ2v) is 12.0. The number of nitrogens with one attached hydrogen (secondary N) is 1. The molecule has 36 heavy (non-hydrogen) atoms. The zero-order chi connectivity index (χ0) is 24.7. The molecule has 4 bridgehead atoms. The van der Waals surface area contributed by atoms with Crippen LogP contribution in [0.15, 0.2) is 48.7 Å². The molecule has 7 rings (SSSR count). The molecule has 0 radical (unpaired) electrons. The van der Waals surface area contributed by atoms with E-state index in [1.165, 1.54) is 75.2 Å². The van der Waals surface area contributed by atoms with E-state index in [9.17, 15) is 4.79 Å². The van der Waals surface area contributed by atoms with Crippen molar-refractivity contribution in [3.63, 3.8) is 0 Å². The lowest BCUT2D eigenvalue weighted by Gasteiger charge is -2.57. The van der Waals surface area contributed by atoms with Crippen LogP contribution in [0.5, 0.6) is 0 Å². The monoisotopic (exact) mass is 482 g/mol. The second-order valence-electron chi connectivity index (χ2n) is 12.0. The molecule has 0 unspecified atom stereocenters. The van der Waals surface area contributed by atoms with Gasteiger partial charge in [0, 0.05) is 17.5 Å². The number of rotatable bonds is 8. The number of methoxy groups -OCH3 is 1. The average molecular weight is 483 g/mol. The summed E-state index contributed by atoms with van der Waals surface area (Å²) >= 11 is 0. The SMILES string of the molecule is COC(=O)c1cccc(CCc2cnc(-c3cc(CCC45CC6CC(CC(C6)C4)C5)ccc3C)[nH]2)c1. The second kappa shape index (κ2) is 9.53. The number of esters is 1. The summed E-state index contributed by atoms with van der Waals surface area (Å²) in [6.07, 6.45) is 15.2. The predicted octanol–water partition coefficient (Wildman–Crippen LogP) is 7.11. The Morgan fingerprint density at radius 2 is 1.69 bits per heavy atom. The summed E-state index contributed by atoms with van der Waals surface area (Å²) in [6, 6.07) is 14.7. The molecule has 0 atom stereocenters. The van der Waals surface area contributed by atoms with Crippen molar-refractivity contribution in [2.75, 3.05) is 7.11 Å². The molecule has 4 aliphatic carbocycles. The highest BCUT2D eigenvalue weighted by atomic mass is 16.5. The Labute approximate surface area is 214 Å². The van der Waals surface area contributed by atoms with Crippen molar-refractivity contribution < 1.29 is 9.53 Å². The van der Waals surface area contributed by atoms with Crippen molar-refractivity contribution in [1.82, 2.24) is 9.97 Å². The maximum absolute atomic E-state index is 11.8. The number of H-pyrrole nitrogens is 1. The fourth-order valence-corrected chi connectivity index (χ4v) is 7.96. The summed E-state index contributed by atoms with van der Waals surface area (Å²) < 4.78 is 4.85. The molecule has 4 nitrogen and oxygen atoms in total. The van der Waals surface area contributed by atoms with Crippen LogP contribution in [0.25, 0.3) is 11.4 Å². The zero-order valence-electron chi connectivity index (χ0n) is 21.7. The summed E-state index contributed by atoms with van der Waals surface area (Å²) in [5, 5.41) is 0.